The number of nitrogens with one attached hydrogen (secondary N) is 1. The van der Waals surface area contributed by atoms with E-state index in [1.807, 2.05) is 27.2 Å². The molecule has 53 heavy (non-hydrogen) atoms. The van der Waals surface area contributed by atoms with Crippen molar-refractivity contribution >= 4 is 0 Å². The maximum Gasteiger partial charge on any atom is 0.164 e. The van der Waals surface area contributed by atoms with Crippen molar-refractivity contribution in [3.05, 3.63) is 94.3 Å². The molecule has 1 unspecified atom stereocenters. The summed E-state index contributed by atoms with van der Waals surface area (Å²) in [7, 11) is 7.58. The van der Waals surface area contributed by atoms with Crippen LogP contribution in [-0.2, 0) is 13.0 Å². The third-order valence-electron chi connectivity index (χ3n) is 12.0. The highest BCUT2D eigenvalue weighted by atomic mass is 16.5. The lowest BCUT2D eigenvalue weighted by molar-refractivity contribution is 0.129. The van der Waals surface area contributed by atoms with E-state index in [-0.39, 0.29) is 6.04 Å². The number of aromatic nitrogens is 1. The lowest BCUT2D eigenvalue weighted by Gasteiger charge is -2.37. The molecule has 2 aliphatic carbocycles. The topological polar surface area (TPSA) is 59.1 Å². The quantitative estimate of drug-likeness (QED) is 0.178. The molecule has 0 bridgehead atoms. The summed E-state index contributed by atoms with van der Waals surface area (Å²) in [5, 5.41) is 3.64. The Morgan fingerprint density at radius 3 is 2.21 bits per heavy atom. The van der Waals surface area contributed by atoms with Gasteiger partial charge in [0.15, 0.2) is 11.5 Å². The fraction of sp³-hybridized carbons (Fsp3) is 0.543. The Morgan fingerprint density at radius 1 is 0.849 bits per heavy atom. The van der Waals surface area contributed by atoms with Gasteiger partial charge in [-0.05, 0) is 147 Å². The number of rotatable bonds is 14. The predicted molar refractivity (Wildman–Crippen MR) is 218 cm³/mol. The number of methoxy groups -OCH3 is 3. The number of hydrogen-bond donors (Lipinski definition) is 1. The van der Waals surface area contributed by atoms with Crippen molar-refractivity contribution in [2.24, 2.45) is 0 Å². The second-order valence-electron chi connectivity index (χ2n) is 15.3. The summed E-state index contributed by atoms with van der Waals surface area (Å²) >= 11 is 0. The van der Waals surface area contributed by atoms with Crippen LogP contribution in [0.5, 0.6) is 17.2 Å². The van der Waals surface area contributed by atoms with Gasteiger partial charge in [0, 0.05) is 36.5 Å². The molecule has 3 heterocycles. The number of pyridine rings is 1. The van der Waals surface area contributed by atoms with Crippen LogP contribution in [0.3, 0.4) is 0 Å². The van der Waals surface area contributed by atoms with Crippen LogP contribution in [-0.4, -0.2) is 68.8 Å². The van der Waals surface area contributed by atoms with Gasteiger partial charge in [-0.2, -0.15) is 0 Å². The van der Waals surface area contributed by atoms with Gasteiger partial charge in [0.05, 0.1) is 33.1 Å². The summed E-state index contributed by atoms with van der Waals surface area (Å²) in [6.45, 7) is 10.4. The van der Waals surface area contributed by atoms with Crippen molar-refractivity contribution in [1.29, 1.82) is 0 Å². The molecule has 4 aliphatic rings. The maximum absolute atomic E-state index is 5.97. The Bertz CT molecular complexity index is 1720. The first-order valence-electron chi connectivity index (χ1n) is 20.5. The highest BCUT2D eigenvalue weighted by molar-refractivity contribution is 5.67. The Kier molecular flexibility index (Phi) is 13.6. The summed E-state index contributed by atoms with van der Waals surface area (Å²) in [5.74, 6) is 3.95. The molecule has 3 fully saturated rings. The molecule has 7 nitrogen and oxygen atoms in total. The Labute approximate surface area is 319 Å². The molecule has 0 amide bonds. The third kappa shape index (κ3) is 8.95. The van der Waals surface area contributed by atoms with E-state index in [9.17, 15) is 0 Å². The van der Waals surface area contributed by atoms with E-state index in [1.165, 1.54) is 84.8 Å². The van der Waals surface area contributed by atoms with Crippen LogP contribution in [0.25, 0.3) is 11.3 Å². The van der Waals surface area contributed by atoms with Crippen molar-refractivity contribution < 1.29 is 14.2 Å². The van der Waals surface area contributed by atoms with Gasteiger partial charge in [0.25, 0.3) is 0 Å². The SMILES string of the molecule is CC.CCCc1c(OC)cc(C2C=C(CN3CCC(N(C)Cc4ccnc(-c5cc(OC)c(OC)c(C6CCC6)c5)c4)CC3)C=CN2)cc1C1CCC1. The van der Waals surface area contributed by atoms with Crippen molar-refractivity contribution in [3.63, 3.8) is 0 Å². The van der Waals surface area contributed by atoms with E-state index in [0.29, 0.717) is 17.9 Å². The van der Waals surface area contributed by atoms with Crippen LogP contribution >= 0.6 is 0 Å². The minimum Gasteiger partial charge on any atom is -0.496 e. The average Bonchev–Trinajstić information content (AvgIpc) is 3.15. The van der Waals surface area contributed by atoms with Crippen LogP contribution in [0.2, 0.25) is 0 Å². The Hall–Kier alpha value is -3.81. The summed E-state index contributed by atoms with van der Waals surface area (Å²) in [5.41, 5.74) is 10.3. The fourth-order valence-corrected chi connectivity index (χ4v) is 8.61. The van der Waals surface area contributed by atoms with Gasteiger partial charge >= 0.3 is 0 Å². The summed E-state index contributed by atoms with van der Waals surface area (Å²) < 4.78 is 17.5. The number of hydrogen-bond acceptors (Lipinski definition) is 7. The number of likely N-dealkylation sites (tertiary alicyclic amines) is 1. The largest absolute Gasteiger partial charge is 0.496 e. The van der Waals surface area contributed by atoms with E-state index >= 15 is 0 Å². The van der Waals surface area contributed by atoms with Gasteiger partial charge < -0.3 is 19.5 Å². The fourth-order valence-electron chi connectivity index (χ4n) is 8.61. The second-order valence-corrected chi connectivity index (χ2v) is 15.3. The lowest BCUT2D eigenvalue weighted by Crippen LogP contribution is -2.43. The maximum atomic E-state index is 5.97. The summed E-state index contributed by atoms with van der Waals surface area (Å²) in [4.78, 5) is 9.97. The number of benzene rings is 2. The first kappa shape index (κ1) is 38.9. The van der Waals surface area contributed by atoms with E-state index < -0.39 is 0 Å². The molecule has 3 aromatic rings. The van der Waals surface area contributed by atoms with Crippen LogP contribution < -0.4 is 19.5 Å². The number of ether oxygens (including phenoxy) is 3. The molecule has 1 saturated heterocycles. The third-order valence-corrected chi connectivity index (χ3v) is 12.0. The summed E-state index contributed by atoms with van der Waals surface area (Å²) in [6, 6.07) is 14.3. The molecule has 1 aromatic heterocycles. The molecule has 2 saturated carbocycles. The van der Waals surface area contributed by atoms with Gasteiger partial charge in [-0.15, -0.1) is 0 Å². The van der Waals surface area contributed by atoms with Crippen molar-refractivity contribution in [2.45, 2.75) is 115 Å². The van der Waals surface area contributed by atoms with E-state index in [1.54, 1.807) is 14.2 Å². The molecular formula is C46H64N4O3. The molecule has 7 heteroatoms. The van der Waals surface area contributed by atoms with E-state index in [2.05, 4.69) is 83.8 Å². The molecule has 2 aromatic carbocycles. The van der Waals surface area contributed by atoms with Gasteiger partial charge in [-0.3, -0.25) is 14.8 Å². The van der Waals surface area contributed by atoms with Crippen LogP contribution in [0.4, 0.5) is 0 Å². The van der Waals surface area contributed by atoms with E-state index in [4.69, 9.17) is 19.2 Å². The zero-order valence-electron chi connectivity index (χ0n) is 33.5. The van der Waals surface area contributed by atoms with Crippen molar-refractivity contribution in [3.8, 4) is 28.5 Å². The second kappa shape index (κ2) is 18.5. The lowest BCUT2D eigenvalue weighted by atomic mass is 9.76. The van der Waals surface area contributed by atoms with Gasteiger partial charge in [-0.25, -0.2) is 0 Å². The number of dihydropyridines is 1. The Morgan fingerprint density at radius 2 is 1.57 bits per heavy atom. The first-order chi connectivity index (χ1) is 26.0. The normalized spacial score (nSPS) is 19.4. The van der Waals surface area contributed by atoms with Crippen LogP contribution in [0, 0.1) is 0 Å². The molecule has 0 radical (unpaired) electrons. The standard InChI is InChI=1S/C44H58N4O3.C2H6/c1-6-9-37-38(32-10-7-11-32)24-34(26-42(37)49-3)41-23-31(15-19-46-41)29-48-20-16-36(17-21-48)47(2)28-30-14-18-45-40(22-30)35-25-39(33-12-8-13-33)44(51-5)43(27-35)50-4;1-2/h14-15,18-19,22-27,32-33,36,41,46H,6-13,16-17,20-21,28-29H2,1-5H3;1-2H3. The van der Waals surface area contributed by atoms with Crippen LogP contribution in [0.1, 0.15) is 124 Å². The van der Waals surface area contributed by atoms with Crippen molar-refractivity contribution in [2.75, 3.05) is 48.0 Å². The van der Waals surface area contributed by atoms with Crippen molar-refractivity contribution in [1.82, 2.24) is 20.1 Å². The molecule has 2 aliphatic heterocycles. The van der Waals surface area contributed by atoms with Gasteiger partial charge in [-0.1, -0.05) is 52.2 Å². The zero-order chi connectivity index (χ0) is 37.3. The van der Waals surface area contributed by atoms with Crippen LogP contribution in [0.15, 0.2) is 66.5 Å². The van der Waals surface area contributed by atoms with Gasteiger partial charge in [0.2, 0.25) is 0 Å². The monoisotopic (exact) mass is 720 g/mol. The predicted octanol–water partition coefficient (Wildman–Crippen LogP) is 9.97. The molecule has 7 rings (SSSR count). The molecular weight excluding hydrogens is 657 g/mol. The first-order valence-corrected chi connectivity index (χ1v) is 20.5. The average molecular weight is 721 g/mol. The van der Waals surface area contributed by atoms with E-state index in [0.717, 1.165) is 67.5 Å². The Balaban J connectivity index is 0.00000236. The number of nitrogens with zero attached hydrogens (tertiary/aromatic N) is 3. The van der Waals surface area contributed by atoms with Gasteiger partial charge in [0.1, 0.15) is 5.75 Å². The zero-order valence-corrected chi connectivity index (χ0v) is 33.5. The number of piperidine rings is 1. The summed E-state index contributed by atoms with van der Waals surface area (Å²) in [6.07, 6.45) is 21.0. The molecule has 1 atom stereocenters. The minimum atomic E-state index is 0.172. The highest BCUT2D eigenvalue weighted by Crippen LogP contribution is 2.47. The molecule has 0 spiro atoms. The molecule has 286 valence electrons. The smallest absolute Gasteiger partial charge is 0.164 e. The minimum absolute atomic E-state index is 0.172. The molecule has 1 N–H and O–H groups in total. The highest BCUT2D eigenvalue weighted by Gasteiger charge is 2.28.